The van der Waals surface area contributed by atoms with E-state index in [0.717, 1.165) is 43.4 Å². The van der Waals surface area contributed by atoms with Gasteiger partial charge in [-0.3, -0.25) is 14.5 Å². The second kappa shape index (κ2) is 10.4. The quantitative estimate of drug-likeness (QED) is 0.431. The van der Waals surface area contributed by atoms with Crippen molar-refractivity contribution >= 4 is 11.9 Å². The summed E-state index contributed by atoms with van der Waals surface area (Å²) in [5.74, 6) is 1.36. The van der Waals surface area contributed by atoms with Crippen molar-refractivity contribution in [1.29, 1.82) is 0 Å². The number of fused-ring (bicyclic) bond motifs is 1. The fourth-order valence-electron chi connectivity index (χ4n) is 6.42. The number of ether oxygens (including phenoxy) is 4. The Balaban J connectivity index is 1.89. The lowest BCUT2D eigenvalue weighted by molar-refractivity contribution is -0.201. The van der Waals surface area contributed by atoms with E-state index in [1.54, 1.807) is 7.11 Å². The van der Waals surface area contributed by atoms with E-state index in [0.29, 0.717) is 42.9 Å². The molecule has 2 heterocycles. The molecule has 1 saturated heterocycles. The summed E-state index contributed by atoms with van der Waals surface area (Å²) in [6.07, 6.45) is 6.61. The van der Waals surface area contributed by atoms with Crippen LogP contribution in [0.3, 0.4) is 0 Å². The summed E-state index contributed by atoms with van der Waals surface area (Å²) in [5, 5.41) is 0. The molecule has 0 N–H and O–H groups in total. The smallest absolute Gasteiger partial charge is 0.310 e. The van der Waals surface area contributed by atoms with E-state index in [2.05, 4.69) is 39.6 Å². The van der Waals surface area contributed by atoms with Gasteiger partial charge in [0.2, 0.25) is 0 Å². The zero-order valence-electron chi connectivity index (χ0n) is 22.6. The minimum absolute atomic E-state index is 0.0759. The van der Waals surface area contributed by atoms with Crippen LogP contribution in [0, 0.1) is 6.92 Å². The predicted octanol–water partition coefficient (Wildman–Crippen LogP) is 5.22. The largest absolute Gasteiger partial charge is 0.493 e. The van der Waals surface area contributed by atoms with E-state index in [9.17, 15) is 9.59 Å². The number of benzene rings is 1. The van der Waals surface area contributed by atoms with Gasteiger partial charge in [0.15, 0.2) is 17.6 Å². The number of hydrogen-bond acceptors (Lipinski definition) is 7. The molecule has 4 rings (SSSR count). The van der Waals surface area contributed by atoms with Gasteiger partial charge < -0.3 is 18.9 Å². The number of methoxy groups -OCH3 is 1. The topological polar surface area (TPSA) is 74.3 Å². The molecule has 0 aromatic heterocycles. The second-order valence-corrected chi connectivity index (χ2v) is 10.5. The highest BCUT2D eigenvalue weighted by Crippen LogP contribution is 2.64. The fourth-order valence-corrected chi connectivity index (χ4v) is 6.42. The molecule has 198 valence electrons. The van der Waals surface area contributed by atoms with Crippen molar-refractivity contribution in [2.24, 2.45) is 0 Å². The van der Waals surface area contributed by atoms with Gasteiger partial charge in [0.25, 0.3) is 0 Å². The van der Waals surface area contributed by atoms with Gasteiger partial charge in [-0.1, -0.05) is 32.8 Å². The summed E-state index contributed by atoms with van der Waals surface area (Å²) in [5.41, 5.74) is 0.476. The SMILES string of the molecule is CCCCC(=O)OC1=CCC2(OC(=O)CCCC)C(C)N(C)CCC23c2c(C)ccc(OC)c2O[C@@H]13. The Morgan fingerprint density at radius 2 is 1.83 bits per heavy atom. The maximum atomic E-state index is 13.2. The minimum atomic E-state index is -0.878. The van der Waals surface area contributed by atoms with Crippen LogP contribution in [0.4, 0.5) is 0 Å². The van der Waals surface area contributed by atoms with Gasteiger partial charge in [0.05, 0.1) is 12.5 Å². The van der Waals surface area contributed by atoms with E-state index in [4.69, 9.17) is 18.9 Å². The first-order chi connectivity index (χ1) is 17.3. The summed E-state index contributed by atoms with van der Waals surface area (Å²) in [4.78, 5) is 28.2. The van der Waals surface area contributed by atoms with Crippen LogP contribution >= 0.6 is 0 Å². The molecule has 7 nitrogen and oxygen atoms in total. The maximum Gasteiger partial charge on any atom is 0.310 e. The number of likely N-dealkylation sites (tertiary alicyclic amines) is 1. The number of hydrogen-bond donors (Lipinski definition) is 0. The third-order valence-electron chi connectivity index (χ3n) is 8.49. The Morgan fingerprint density at radius 3 is 2.50 bits per heavy atom. The standard InChI is InChI=1S/C29H41NO6/c1-7-9-11-23(31)34-22-15-16-29(36-24(32)12-10-8-2)20(4)30(5)18-17-28(29)25-19(3)13-14-21(33-6)26(25)35-27(22)28/h13-15,20,27H,7-12,16-18H2,1-6H3/t20?,27-,28?,29?/m0/s1. The first kappa shape index (κ1) is 26.5. The van der Waals surface area contributed by atoms with Crippen LogP contribution in [0.25, 0.3) is 0 Å². The molecule has 1 aromatic rings. The van der Waals surface area contributed by atoms with Crippen LogP contribution in [-0.2, 0) is 24.5 Å². The molecule has 4 atom stereocenters. The first-order valence-electron chi connectivity index (χ1n) is 13.4. The summed E-state index contributed by atoms with van der Waals surface area (Å²) < 4.78 is 25.0. The van der Waals surface area contributed by atoms with Crippen molar-refractivity contribution in [2.45, 2.75) is 102 Å². The monoisotopic (exact) mass is 499 g/mol. The highest BCUT2D eigenvalue weighted by Gasteiger charge is 2.71. The molecular formula is C29H41NO6. The molecule has 7 heteroatoms. The third-order valence-corrected chi connectivity index (χ3v) is 8.49. The lowest BCUT2D eigenvalue weighted by Crippen LogP contribution is -2.73. The fraction of sp³-hybridized carbons (Fsp3) is 0.655. The van der Waals surface area contributed by atoms with Crippen LogP contribution in [-0.4, -0.2) is 55.3 Å². The molecule has 0 amide bonds. The molecule has 3 aliphatic rings. The summed E-state index contributed by atoms with van der Waals surface area (Å²) in [6, 6.07) is 3.87. The molecule has 1 aromatic carbocycles. The molecule has 2 aliphatic heterocycles. The molecule has 3 unspecified atom stereocenters. The molecule has 0 saturated carbocycles. The van der Waals surface area contributed by atoms with Crippen LogP contribution in [0.1, 0.15) is 83.3 Å². The lowest BCUT2D eigenvalue weighted by Gasteiger charge is -2.59. The molecule has 0 bridgehead atoms. The van der Waals surface area contributed by atoms with E-state index < -0.39 is 17.1 Å². The van der Waals surface area contributed by atoms with Crippen molar-refractivity contribution < 1.29 is 28.5 Å². The first-order valence-corrected chi connectivity index (χ1v) is 13.4. The van der Waals surface area contributed by atoms with Crippen molar-refractivity contribution in [1.82, 2.24) is 4.90 Å². The highest BCUT2D eigenvalue weighted by atomic mass is 16.6. The van der Waals surface area contributed by atoms with E-state index in [1.165, 1.54) is 0 Å². The van der Waals surface area contributed by atoms with Crippen molar-refractivity contribution in [3.63, 3.8) is 0 Å². The molecule has 1 spiro atoms. The van der Waals surface area contributed by atoms with E-state index in [1.807, 2.05) is 18.2 Å². The Morgan fingerprint density at radius 1 is 1.14 bits per heavy atom. The Hall–Kier alpha value is -2.54. The van der Waals surface area contributed by atoms with Gasteiger partial charge in [0, 0.05) is 30.9 Å². The predicted molar refractivity (Wildman–Crippen MR) is 137 cm³/mol. The zero-order valence-corrected chi connectivity index (χ0v) is 22.6. The highest BCUT2D eigenvalue weighted by molar-refractivity contribution is 5.73. The minimum Gasteiger partial charge on any atom is -0.493 e. The number of esters is 2. The average Bonchev–Trinajstić information content (AvgIpc) is 3.23. The molecule has 0 radical (unpaired) electrons. The molecular weight excluding hydrogens is 458 g/mol. The van der Waals surface area contributed by atoms with E-state index >= 15 is 0 Å². The summed E-state index contributed by atoms with van der Waals surface area (Å²) >= 11 is 0. The third kappa shape index (κ3) is 4.09. The zero-order chi connectivity index (χ0) is 26.1. The van der Waals surface area contributed by atoms with Gasteiger partial charge in [-0.2, -0.15) is 0 Å². The molecule has 1 aliphatic carbocycles. The number of rotatable bonds is 9. The number of unbranched alkanes of at least 4 members (excludes halogenated alkanes) is 2. The van der Waals surface area contributed by atoms with Crippen LogP contribution in [0.15, 0.2) is 24.0 Å². The van der Waals surface area contributed by atoms with Crippen molar-refractivity contribution in [2.75, 3.05) is 20.7 Å². The second-order valence-electron chi connectivity index (χ2n) is 10.5. The molecule has 1 fully saturated rings. The Bertz CT molecular complexity index is 1030. The van der Waals surface area contributed by atoms with Gasteiger partial charge >= 0.3 is 11.9 Å². The number of carbonyl (C=O) groups is 2. The lowest BCUT2D eigenvalue weighted by atomic mass is 9.54. The van der Waals surface area contributed by atoms with Crippen molar-refractivity contribution in [3.8, 4) is 11.5 Å². The average molecular weight is 500 g/mol. The number of aryl methyl sites for hydroxylation is 1. The van der Waals surface area contributed by atoms with Gasteiger partial charge in [-0.15, -0.1) is 0 Å². The summed E-state index contributed by atoms with van der Waals surface area (Å²) in [6.45, 7) is 9.11. The summed E-state index contributed by atoms with van der Waals surface area (Å²) in [7, 11) is 3.71. The Kier molecular flexibility index (Phi) is 7.69. The van der Waals surface area contributed by atoms with Crippen LogP contribution in [0.5, 0.6) is 11.5 Å². The number of piperidine rings is 1. The Labute approximate surface area is 215 Å². The van der Waals surface area contributed by atoms with Gasteiger partial charge in [0.1, 0.15) is 11.4 Å². The number of likely N-dealkylation sites (N-methyl/N-ethyl adjacent to an activating group) is 1. The van der Waals surface area contributed by atoms with Gasteiger partial charge in [-0.25, -0.2) is 0 Å². The van der Waals surface area contributed by atoms with Crippen LogP contribution in [0.2, 0.25) is 0 Å². The molecule has 36 heavy (non-hydrogen) atoms. The van der Waals surface area contributed by atoms with Crippen molar-refractivity contribution in [3.05, 3.63) is 35.1 Å². The van der Waals surface area contributed by atoms with Gasteiger partial charge in [-0.05, 0) is 64.4 Å². The van der Waals surface area contributed by atoms with E-state index in [-0.39, 0.29) is 18.0 Å². The maximum absolute atomic E-state index is 13.2. The van der Waals surface area contributed by atoms with Crippen LogP contribution < -0.4 is 9.47 Å². The number of nitrogens with zero attached hydrogens (tertiary/aromatic N) is 1. The number of carbonyl (C=O) groups excluding carboxylic acids is 2. The normalized spacial score (nSPS) is 28.8.